The maximum Gasteiger partial charge on any atom is 0.330 e. The fourth-order valence-electron chi connectivity index (χ4n) is 12.9. The molecule has 11 nitrogen and oxygen atoms in total. The number of unbranched alkanes of at least 4 members (excludes halogenated alkanes) is 10. The number of hydrogen-bond donors (Lipinski definition) is 3. The average molecular weight is 865 g/mol. The Morgan fingerprint density at radius 3 is 2.35 bits per heavy atom. The number of aromatic amines is 1. The van der Waals surface area contributed by atoms with Gasteiger partial charge in [-0.1, -0.05) is 83.1 Å². The van der Waals surface area contributed by atoms with Gasteiger partial charge >= 0.3 is 11.7 Å². The summed E-state index contributed by atoms with van der Waals surface area (Å²) in [7, 11) is 0. The van der Waals surface area contributed by atoms with E-state index in [9.17, 15) is 29.4 Å². The van der Waals surface area contributed by atoms with Gasteiger partial charge in [-0.15, -0.1) is 0 Å². The molecule has 8 unspecified atom stereocenters. The van der Waals surface area contributed by atoms with E-state index in [0.29, 0.717) is 30.1 Å². The van der Waals surface area contributed by atoms with E-state index in [-0.39, 0.29) is 17.5 Å². The number of hydrogen-bond acceptors (Lipinski definition) is 9. The highest BCUT2D eigenvalue weighted by atomic mass is 16.6. The molecule has 11 heteroatoms. The predicted molar refractivity (Wildman–Crippen MR) is 241 cm³/mol. The van der Waals surface area contributed by atoms with Crippen LogP contribution in [0.3, 0.4) is 0 Å². The molecule has 0 spiro atoms. The van der Waals surface area contributed by atoms with Crippen LogP contribution >= 0.6 is 0 Å². The van der Waals surface area contributed by atoms with Crippen molar-refractivity contribution in [2.75, 3.05) is 13.2 Å². The third kappa shape index (κ3) is 11.9. The van der Waals surface area contributed by atoms with Gasteiger partial charge in [0.2, 0.25) is 0 Å². The zero-order chi connectivity index (χ0) is 44.3. The number of Topliss-reactive ketones (excluding diaryl/α,β-unsaturated/α-hetero) is 1. The van der Waals surface area contributed by atoms with Gasteiger partial charge in [-0.25, -0.2) is 4.79 Å². The lowest BCUT2D eigenvalue weighted by Gasteiger charge is -2.58. The van der Waals surface area contributed by atoms with Crippen LogP contribution in [0.2, 0.25) is 0 Å². The molecule has 0 bridgehead atoms. The molecule has 3 N–H and O–H groups in total. The van der Waals surface area contributed by atoms with Crippen LogP contribution in [-0.2, 0) is 23.8 Å². The number of carbonyl (C=O) groups is 2. The molecular formula is C51H80N2O9. The van der Waals surface area contributed by atoms with E-state index < -0.39 is 42.4 Å². The number of nitrogens with one attached hydrogen (secondary N) is 1. The Hall–Kier alpha value is -2.86. The number of aliphatic hydroxyl groups excluding tert-OH is 2. The molecule has 0 radical (unpaired) electrons. The van der Waals surface area contributed by atoms with E-state index in [1.54, 1.807) is 12.5 Å². The summed E-state index contributed by atoms with van der Waals surface area (Å²) in [6.07, 6.45) is 29.5. The van der Waals surface area contributed by atoms with Crippen molar-refractivity contribution in [1.82, 2.24) is 9.55 Å². The second kappa shape index (κ2) is 22.9. The van der Waals surface area contributed by atoms with Crippen LogP contribution in [0.4, 0.5) is 0 Å². The minimum absolute atomic E-state index is 0.0131. The molecule has 3 saturated carbocycles. The second-order valence-electron chi connectivity index (χ2n) is 20.5. The molecule has 6 rings (SSSR count). The fraction of sp³-hybridized carbons (Fsp3) is 0.804. The van der Waals surface area contributed by atoms with Crippen LogP contribution in [0.15, 0.2) is 45.7 Å². The number of aliphatic hydroxyl groups is 2. The second-order valence-corrected chi connectivity index (χ2v) is 20.5. The first-order chi connectivity index (χ1) is 29.9. The molecule has 0 aromatic carbocycles. The van der Waals surface area contributed by atoms with Gasteiger partial charge < -0.3 is 29.2 Å². The highest BCUT2D eigenvalue weighted by molar-refractivity contribution is 5.75. The molecule has 1 aliphatic heterocycles. The van der Waals surface area contributed by atoms with Crippen molar-refractivity contribution in [3.63, 3.8) is 0 Å². The highest BCUT2D eigenvalue weighted by Crippen LogP contribution is 2.67. The van der Waals surface area contributed by atoms with Gasteiger partial charge in [0.05, 0.1) is 6.61 Å². The van der Waals surface area contributed by atoms with Gasteiger partial charge in [0, 0.05) is 38.1 Å². The quantitative estimate of drug-likeness (QED) is 0.0524. The maximum absolute atomic E-state index is 12.9. The van der Waals surface area contributed by atoms with E-state index in [4.69, 9.17) is 14.2 Å². The molecule has 1 saturated heterocycles. The number of esters is 1. The lowest BCUT2D eigenvalue weighted by Crippen LogP contribution is -2.51. The molecule has 348 valence electrons. The van der Waals surface area contributed by atoms with Crippen molar-refractivity contribution in [2.45, 2.75) is 206 Å². The Morgan fingerprint density at radius 2 is 1.65 bits per heavy atom. The third-order valence-electron chi connectivity index (χ3n) is 16.4. The maximum atomic E-state index is 12.9. The van der Waals surface area contributed by atoms with Crippen LogP contribution < -0.4 is 11.2 Å². The molecule has 62 heavy (non-hydrogen) atoms. The molecule has 4 fully saturated rings. The molecule has 12 atom stereocenters. The van der Waals surface area contributed by atoms with E-state index in [1.165, 1.54) is 61.8 Å². The van der Waals surface area contributed by atoms with Crippen LogP contribution in [0, 0.1) is 40.4 Å². The number of H-pyrrole nitrogens is 1. The first kappa shape index (κ1) is 48.6. The van der Waals surface area contributed by atoms with Gasteiger partial charge in [0.1, 0.15) is 30.2 Å². The minimum atomic E-state index is -1.09. The van der Waals surface area contributed by atoms with Crippen LogP contribution in [0.1, 0.15) is 182 Å². The molecule has 5 aliphatic rings. The number of fused-ring (bicyclic) bond motifs is 5. The number of rotatable bonds is 24. The SMILES string of the molecule is CC(=O)CCC(C)C1CCC2C3CC=C4C[C@@H](OC(=O)CCCCCCC/C=C\CCCCCCCO[C@H]5C(O)[C@@H](CO)O[C@H]5n5ccc(=O)[nH]c5=O)CCC4(C)C3CCC12C. The first-order valence-electron chi connectivity index (χ1n) is 24.8. The Balaban J connectivity index is 0.769. The standard InChI is InChI=1S/C51H80N2O9/c1-35(20-21-36(2)55)40-24-25-41-39-23-22-37-33-38(26-29-50(37,3)42(39)27-30-51(40,41)4)61-45(57)19-17-15-13-11-9-7-5-6-8-10-12-14-16-18-32-60-47-46(58)43(34-54)62-48(47)53-31-28-44(56)52-49(53)59/h5-6,22,28,31,35,38-43,46-48,54,58H,7-21,23-27,29-30,32-34H2,1-4H3,(H,52,56,59)/b6-5-/t35?,38-,39?,40?,41?,42?,43+,46?,47-,48+,50?,51?/m0/s1. The Bertz CT molecular complexity index is 1790. The van der Waals surface area contributed by atoms with Crippen LogP contribution in [0.25, 0.3) is 0 Å². The lowest BCUT2D eigenvalue weighted by atomic mass is 9.47. The first-order valence-corrected chi connectivity index (χ1v) is 24.8. The van der Waals surface area contributed by atoms with E-state index in [0.717, 1.165) is 120 Å². The average Bonchev–Trinajstić information content (AvgIpc) is 3.76. The fourth-order valence-corrected chi connectivity index (χ4v) is 12.9. The van der Waals surface area contributed by atoms with Crippen molar-refractivity contribution >= 4 is 11.8 Å². The summed E-state index contributed by atoms with van der Waals surface area (Å²) in [4.78, 5) is 50.6. The topological polar surface area (TPSA) is 157 Å². The number of ketones is 1. The number of aromatic nitrogens is 2. The van der Waals surface area contributed by atoms with Crippen LogP contribution in [-0.4, -0.2) is 69.1 Å². The Labute approximate surface area is 370 Å². The summed E-state index contributed by atoms with van der Waals surface area (Å²) in [5, 5.41) is 20.2. The highest BCUT2D eigenvalue weighted by Gasteiger charge is 2.59. The molecule has 0 amide bonds. The van der Waals surface area contributed by atoms with Crippen molar-refractivity contribution in [1.29, 1.82) is 0 Å². The summed E-state index contributed by atoms with van der Waals surface area (Å²) in [6, 6.07) is 1.21. The van der Waals surface area contributed by atoms with E-state index in [1.807, 2.05) is 0 Å². The van der Waals surface area contributed by atoms with E-state index >= 15 is 0 Å². The van der Waals surface area contributed by atoms with Crippen molar-refractivity contribution < 1.29 is 34.0 Å². The zero-order valence-electron chi connectivity index (χ0n) is 38.5. The summed E-state index contributed by atoms with van der Waals surface area (Å²) < 4.78 is 18.9. The van der Waals surface area contributed by atoms with Crippen LogP contribution in [0.5, 0.6) is 0 Å². The van der Waals surface area contributed by atoms with Gasteiger partial charge in [0.25, 0.3) is 5.56 Å². The Morgan fingerprint density at radius 1 is 0.935 bits per heavy atom. The summed E-state index contributed by atoms with van der Waals surface area (Å²) in [5.74, 6) is 4.00. The smallest absolute Gasteiger partial charge is 0.330 e. The van der Waals surface area contributed by atoms with E-state index in [2.05, 4.69) is 44.0 Å². The Kier molecular flexibility index (Phi) is 17.9. The van der Waals surface area contributed by atoms with Crippen molar-refractivity contribution in [2.24, 2.45) is 40.4 Å². The van der Waals surface area contributed by atoms with Gasteiger partial charge in [-0.3, -0.25) is 19.1 Å². The predicted octanol–water partition coefficient (Wildman–Crippen LogP) is 9.30. The van der Waals surface area contributed by atoms with Gasteiger partial charge in [-0.2, -0.15) is 0 Å². The zero-order valence-corrected chi connectivity index (χ0v) is 38.5. The van der Waals surface area contributed by atoms with Crippen molar-refractivity contribution in [3.8, 4) is 0 Å². The van der Waals surface area contributed by atoms with Gasteiger partial charge in [0.15, 0.2) is 6.23 Å². The molecule has 4 aliphatic carbocycles. The monoisotopic (exact) mass is 865 g/mol. The molecule has 1 aromatic heterocycles. The molecular weight excluding hydrogens is 785 g/mol. The molecule has 1 aromatic rings. The summed E-state index contributed by atoms with van der Waals surface area (Å²) >= 11 is 0. The summed E-state index contributed by atoms with van der Waals surface area (Å²) in [6.45, 7) is 9.28. The lowest BCUT2D eigenvalue weighted by molar-refractivity contribution is -0.151. The third-order valence-corrected chi connectivity index (χ3v) is 16.4. The summed E-state index contributed by atoms with van der Waals surface area (Å²) in [5.41, 5.74) is 1.05. The number of carbonyl (C=O) groups excluding carboxylic acids is 2. The van der Waals surface area contributed by atoms with Crippen molar-refractivity contribution in [3.05, 3.63) is 56.9 Å². The minimum Gasteiger partial charge on any atom is -0.462 e. The largest absolute Gasteiger partial charge is 0.462 e. The number of nitrogens with zero attached hydrogens (tertiary/aromatic N) is 1. The number of allylic oxidation sites excluding steroid dienone is 3. The number of ether oxygens (including phenoxy) is 3. The molecule has 2 heterocycles. The normalized spacial score (nSPS) is 33.5. The van der Waals surface area contributed by atoms with Gasteiger partial charge in [-0.05, 0) is 137 Å².